The Hall–Kier alpha value is -1.26. The van der Waals surface area contributed by atoms with Gasteiger partial charge in [-0.05, 0) is 25.5 Å². The molecule has 1 N–H and O–H groups in total. The van der Waals surface area contributed by atoms with Crippen molar-refractivity contribution in [3.05, 3.63) is 29.1 Å². The minimum absolute atomic E-state index is 0.0102. The highest BCUT2D eigenvalue weighted by molar-refractivity contribution is 5.54. The van der Waals surface area contributed by atoms with Crippen molar-refractivity contribution in [3.63, 3.8) is 0 Å². The van der Waals surface area contributed by atoms with Gasteiger partial charge in [0.2, 0.25) is 0 Å². The average Bonchev–Trinajstić information content (AvgIpc) is 2.10. The molecule has 0 amide bonds. The number of anilines is 1. The quantitative estimate of drug-likeness (QED) is 0.752. The van der Waals surface area contributed by atoms with Gasteiger partial charge in [0.05, 0.1) is 0 Å². The maximum absolute atomic E-state index is 13.3. The zero-order valence-electron chi connectivity index (χ0n) is 8.37. The standard InChI is InChI=1S/C10H11F4N/c1-3-15-7-5-4-6(2)9(11)8(7)10(12,13)14/h4-5,15H,3H2,1-2H3. The number of hydrogen-bond donors (Lipinski definition) is 1. The van der Waals surface area contributed by atoms with Crippen molar-refractivity contribution >= 4 is 5.69 Å². The molecule has 1 aromatic rings. The van der Waals surface area contributed by atoms with Crippen molar-refractivity contribution in [1.82, 2.24) is 0 Å². The Kier molecular flexibility index (Phi) is 3.21. The Labute approximate surface area is 85.1 Å². The number of benzene rings is 1. The lowest BCUT2D eigenvalue weighted by atomic mass is 10.1. The van der Waals surface area contributed by atoms with Crippen LogP contribution in [0.15, 0.2) is 12.1 Å². The molecule has 0 atom stereocenters. The van der Waals surface area contributed by atoms with E-state index in [1.807, 2.05) is 0 Å². The van der Waals surface area contributed by atoms with Crippen LogP contribution in [-0.2, 0) is 6.18 Å². The number of nitrogens with one attached hydrogen (secondary N) is 1. The van der Waals surface area contributed by atoms with Gasteiger partial charge in [0, 0.05) is 12.2 Å². The van der Waals surface area contributed by atoms with Crippen LogP contribution < -0.4 is 5.32 Å². The predicted molar refractivity (Wildman–Crippen MR) is 50.3 cm³/mol. The van der Waals surface area contributed by atoms with Crippen LogP contribution in [-0.4, -0.2) is 6.54 Å². The Bertz CT molecular complexity index is 357. The molecule has 1 rings (SSSR count). The molecule has 84 valence electrons. The molecule has 0 spiro atoms. The molecule has 0 saturated carbocycles. The lowest BCUT2D eigenvalue weighted by molar-refractivity contribution is -0.139. The number of rotatable bonds is 2. The first kappa shape index (κ1) is 11.8. The molecule has 5 heteroatoms. The fourth-order valence-corrected chi connectivity index (χ4v) is 1.30. The third-order valence-corrected chi connectivity index (χ3v) is 1.99. The average molecular weight is 221 g/mol. The summed E-state index contributed by atoms with van der Waals surface area (Å²) in [5, 5.41) is 2.49. The minimum Gasteiger partial charge on any atom is -0.385 e. The van der Waals surface area contributed by atoms with Crippen LogP contribution in [0.3, 0.4) is 0 Å². The first-order valence-electron chi connectivity index (χ1n) is 4.48. The molecule has 0 aliphatic rings. The van der Waals surface area contributed by atoms with Gasteiger partial charge in [0.1, 0.15) is 11.4 Å². The molecule has 0 unspecified atom stereocenters. The highest BCUT2D eigenvalue weighted by Crippen LogP contribution is 2.37. The normalized spacial score (nSPS) is 11.6. The zero-order chi connectivity index (χ0) is 11.6. The van der Waals surface area contributed by atoms with Gasteiger partial charge < -0.3 is 5.32 Å². The van der Waals surface area contributed by atoms with E-state index in [-0.39, 0.29) is 11.3 Å². The molecule has 0 radical (unpaired) electrons. The van der Waals surface area contributed by atoms with Crippen LogP contribution in [0.1, 0.15) is 18.1 Å². The van der Waals surface area contributed by atoms with Crippen LogP contribution in [0, 0.1) is 12.7 Å². The summed E-state index contributed by atoms with van der Waals surface area (Å²) in [6, 6.07) is 2.56. The molecule has 0 aliphatic heterocycles. The van der Waals surface area contributed by atoms with E-state index in [2.05, 4.69) is 5.32 Å². The van der Waals surface area contributed by atoms with Gasteiger partial charge in [-0.3, -0.25) is 0 Å². The molecule has 1 nitrogen and oxygen atoms in total. The predicted octanol–water partition coefficient (Wildman–Crippen LogP) is 3.58. The molecule has 0 heterocycles. The number of halogens is 4. The van der Waals surface area contributed by atoms with E-state index < -0.39 is 17.6 Å². The van der Waals surface area contributed by atoms with E-state index in [1.165, 1.54) is 19.1 Å². The molecule has 0 aliphatic carbocycles. The van der Waals surface area contributed by atoms with Gasteiger partial charge in [-0.1, -0.05) is 6.07 Å². The van der Waals surface area contributed by atoms with Crippen LogP contribution in [0.2, 0.25) is 0 Å². The van der Waals surface area contributed by atoms with Crippen molar-refractivity contribution in [2.24, 2.45) is 0 Å². The second-order valence-electron chi connectivity index (χ2n) is 3.15. The molecule has 15 heavy (non-hydrogen) atoms. The SMILES string of the molecule is CCNc1ccc(C)c(F)c1C(F)(F)F. The van der Waals surface area contributed by atoms with E-state index >= 15 is 0 Å². The summed E-state index contributed by atoms with van der Waals surface area (Å²) < 4.78 is 50.9. The summed E-state index contributed by atoms with van der Waals surface area (Å²) in [6.45, 7) is 3.27. The van der Waals surface area contributed by atoms with Gasteiger partial charge in [-0.15, -0.1) is 0 Å². The third kappa shape index (κ3) is 2.40. The van der Waals surface area contributed by atoms with E-state index in [4.69, 9.17) is 0 Å². The minimum atomic E-state index is -4.67. The van der Waals surface area contributed by atoms with E-state index in [0.29, 0.717) is 6.54 Å². The highest BCUT2D eigenvalue weighted by Gasteiger charge is 2.37. The van der Waals surface area contributed by atoms with E-state index in [1.54, 1.807) is 6.92 Å². The summed E-state index contributed by atoms with van der Waals surface area (Å²) >= 11 is 0. The Morgan fingerprint density at radius 3 is 2.33 bits per heavy atom. The molecule has 1 aromatic carbocycles. The largest absolute Gasteiger partial charge is 0.421 e. The smallest absolute Gasteiger partial charge is 0.385 e. The second-order valence-corrected chi connectivity index (χ2v) is 3.15. The van der Waals surface area contributed by atoms with Gasteiger partial charge >= 0.3 is 6.18 Å². The van der Waals surface area contributed by atoms with Crippen LogP contribution >= 0.6 is 0 Å². The topological polar surface area (TPSA) is 12.0 Å². The summed E-state index contributed by atoms with van der Waals surface area (Å²) in [5.74, 6) is -1.21. The number of hydrogen-bond acceptors (Lipinski definition) is 1. The van der Waals surface area contributed by atoms with Crippen LogP contribution in [0.5, 0.6) is 0 Å². The van der Waals surface area contributed by atoms with E-state index in [9.17, 15) is 17.6 Å². The van der Waals surface area contributed by atoms with Crippen molar-refractivity contribution in [2.75, 3.05) is 11.9 Å². The van der Waals surface area contributed by atoms with Gasteiger partial charge in [0.25, 0.3) is 0 Å². The van der Waals surface area contributed by atoms with Gasteiger partial charge in [0.15, 0.2) is 0 Å². The summed E-state index contributed by atoms with van der Waals surface area (Å²) in [5.41, 5.74) is -1.44. The van der Waals surface area contributed by atoms with Gasteiger partial charge in [-0.25, -0.2) is 4.39 Å². The fraction of sp³-hybridized carbons (Fsp3) is 0.400. The summed E-state index contributed by atoms with van der Waals surface area (Å²) in [6.07, 6.45) is -4.67. The first-order valence-corrected chi connectivity index (χ1v) is 4.48. The Morgan fingerprint density at radius 1 is 1.27 bits per heavy atom. The monoisotopic (exact) mass is 221 g/mol. The number of aryl methyl sites for hydroxylation is 1. The lowest BCUT2D eigenvalue weighted by Crippen LogP contribution is -2.14. The Balaban J connectivity index is 3.35. The number of alkyl halides is 3. The molecule has 0 saturated heterocycles. The molecule has 0 aromatic heterocycles. The lowest BCUT2D eigenvalue weighted by Gasteiger charge is -2.15. The van der Waals surface area contributed by atoms with Crippen LogP contribution in [0.25, 0.3) is 0 Å². The van der Waals surface area contributed by atoms with Crippen LogP contribution in [0.4, 0.5) is 23.2 Å². The fourth-order valence-electron chi connectivity index (χ4n) is 1.30. The third-order valence-electron chi connectivity index (χ3n) is 1.99. The van der Waals surface area contributed by atoms with Crippen molar-refractivity contribution in [3.8, 4) is 0 Å². The maximum Gasteiger partial charge on any atom is 0.421 e. The molecule has 0 fully saturated rings. The molecule has 0 bridgehead atoms. The molecular weight excluding hydrogens is 210 g/mol. The van der Waals surface area contributed by atoms with Crippen molar-refractivity contribution < 1.29 is 17.6 Å². The maximum atomic E-state index is 13.3. The van der Waals surface area contributed by atoms with E-state index in [0.717, 1.165) is 0 Å². The second kappa shape index (κ2) is 4.08. The van der Waals surface area contributed by atoms with Crippen molar-refractivity contribution in [2.45, 2.75) is 20.0 Å². The summed E-state index contributed by atoms with van der Waals surface area (Å²) in [7, 11) is 0. The first-order chi connectivity index (χ1) is 6.88. The Morgan fingerprint density at radius 2 is 1.87 bits per heavy atom. The van der Waals surface area contributed by atoms with Crippen molar-refractivity contribution in [1.29, 1.82) is 0 Å². The molecular formula is C10H11F4N. The highest BCUT2D eigenvalue weighted by atomic mass is 19.4. The summed E-state index contributed by atoms with van der Waals surface area (Å²) in [4.78, 5) is 0. The van der Waals surface area contributed by atoms with Gasteiger partial charge in [-0.2, -0.15) is 13.2 Å². The zero-order valence-corrected chi connectivity index (χ0v) is 8.37.